The molecule has 84 valence electrons. The average molecular weight is 252 g/mol. The molecule has 0 saturated heterocycles. The lowest BCUT2D eigenvalue weighted by Gasteiger charge is -1.99. The second-order valence-corrected chi connectivity index (χ2v) is 3.67. The van der Waals surface area contributed by atoms with E-state index in [2.05, 4.69) is 10.3 Å². The number of nitrogens with one attached hydrogen (secondary N) is 1. The lowest BCUT2D eigenvalue weighted by atomic mass is 10.7. The fourth-order valence-electron chi connectivity index (χ4n) is 0.797. The second-order valence-electron chi connectivity index (χ2n) is 2.40. The molecule has 1 heterocycles. The van der Waals surface area contributed by atoms with E-state index in [0.29, 0.717) is 13.2 Å². The van der Waals surface area contributed by atoms with Crippen LogP contribution in [0.2, 0.25) is 0 Å². The van der Waals surface area contributed by atoms with Crippen molar-refractivity contribution in [1.29, 1.82) is 0 Å². The predicted octanol–water partition coefficient (Wildman–Crippen LogP) is 0.500. The Balaban J connectivity index is 2.75. The summed E-state index contributed by atoms with van der Waals surface area (Å²) in [5.74, 6) is 0.289. The molecule has 0 unspecified atom stereocenters. The van der Waals surface area contributed by atoms with Crippen molar-refractivity contribution in [2.45, 2.75) is 6.92 Å². The molecular weight excluding hydrogens is 242 g/mol. The molecule has 0 saturated carbocycles. The van der Waals surface area contributed by atoms with Gasteiger partial charge in [-0.25, -0.2) is 9.59 Å². The van der Waals surface area contributed by atoms with Gasteiger partial charge in [0, 0.05) is 24.0 Å². The van der Waals surface area contributed by atoms with Crippen LogP contribution in [-0.2, 0) is 0 Å². The van der Waals surface area contributed by atoms with Gasteiger partial charge < -0.3 is 10.1 Å². The molecule has 0 fully saturated rings. The van der Waals surface area contributed by atoms with Crippen LogP contribution in [-0.4, -0.2) is 34.0 Å². The largest absolute Gasteiger partial charge is 0.469 e. The van der Waals surface area contributed by atoms with Gasteiger partial charge in [-0.05, 0) is 6.92 Å². The van der Waals surface area contributed by atoms with E-state index in [-0.39, 0.29) is 11.1 Å². The van der Waals surface area contributed by atoms with Crippen LogP contribution in [0.3, 0.4) is 0 Å². The summed E-state index contributed by atoms with van der Waals surface area (Å²) in [5, 5.41) is 2.64. The van der Waals surface area contributed by atoms with Gasteiger partial charge in [-0.3, -0.25) is 0 Å². The molecule has 0 aliphatic carbocycles. The van der Waals surface area contributed by atoms with Crippen molar-refractivity contribution in [2.75, 3.05) is 19.0 Å². The summed E-state index contributed by atoms with van der Waals surface area (Å²) >= 11 is 6.25. The Morgan fingerprint density at radius 1 is 1.73 bits per heavy atom. The van der Waals surface area contributed by atoms with Crippen LogP contribution in [0.15, 0.2) is 4.79 Å². The fraction of sp³-hybridized carbons (Fsp3) is 0.571. The molecule has 8 heteroatoms. The second kappa shape index (κ2) is 5.72. The topological polar surface area (TPSA) is 73.2 Å². The Hall–Kier alpha value is -1.08. The smallest absolute Gasteiger partial charge is 0.369 e. The highest BCUT2D eigenvalue weighted by molar-refractivity contribution is 7.09. The Bertz CT molecular complexity index is 389. The molecule has 0 atom stereocenters. The first-order valence-corrected chi connectivity index (χ1v) is 5.57. The lowest BCUT2D eigenvalue weighted by molar-refractivity contribution is 0.244. The van der Waals surface area contributed by atoms with Crippen LogP contribution < -0.4 is 15.7 Å². The summed E-state index contributed by atoms with van der Waals surface area (Å²) in [6.45, 7) is 2.47. The van der Waals surface area contributed by atoms with Crippen molar-refractivity contribution in [2.24, 2.45) is 0 Å². The Labute approximate surface area is 95.0 Å². The van der Waals surface area contributed by atoms with E-state index in [4.69, 9.17) is 16.3 Å². The summed E-state index contributed by atoms with van der Waals surface area (Å²) in [6.07, 6.45) is 0. The van der Waals surface area contributed by atoms with E-state index in [1.807, 2.05) is 0 Å². The number of hydrogen-bond acceptors (Lipinski definition) is 5. The van der Waals surface area contributed by atoms with E-state index in [1.54, 1.807) is 6.92 Å². The number of rotatable bonds is 4. The maximum absolute atomic E-state index is 11.4. The zero-order valence-corrected chi connectivity index (χ0v) is 9.60. The Morgan fingerprint density at radius 3 is 3.07 bits per heavy atom. The molecule has 1 rings (SSSR count). The maximum Gasteiger partial charge on any atom is 0.369 e. The predicted molar refractivity (Wildman–Crippen MR) is 57.1 cm³/mol. The molecule has 0 radical (unpaired) electrons. The molecular formula is C7H10ClN3O3S. The molecule has 0 aliphatic rings. The zero-order valence-electron chi connectivity index (χ0n) is 8.03. The minimum absolute atomic E-state index is 0.184. The standard InChI is InChI=1S/C7H10ClN3O3S/c1-2-14-7-10-6(13)11(15-7)5(12)9-4-3-8/h2-4H2,1H3,(H,9,12). The summed E-state index contributed by atoms with van der Waals surface area (Å²) in [7, 11) is 0. The number of halogens is 1. The van der Waals surface area contributed by atoms with Crippen LogP contribution >= 0.6 is 23.1 Å². The Morgan fingerprint density at radius 2 is 2.47 bits per heavy atom. The molecule has 1 aromatic heterocycles. The zero-order chi connectivity index (χ0) is 11.3. The van der Waals surface area contributed by atoms with E-state index in [1.165, 1.54) is 0 Å². The van der Waals surface area contributed by atoms with Crippen LogP contribution in [0.4, 0.5) is 4.79 Å². The molecule has 6 nitrogen and oxygen atoms in total. The molecule has 0 aliphatic heterocycles. The Kier molecular flexibility index (Phi) is 4.57. The number of hydrogen-bond donors (Lipinski definition) is 1. The third-order valence-corrected chi connectivity index (χ3v) is 2.41. The maximum atomic E-state index is 11.4. The highest BCUT2D eigenvalue weighted by Gasteiger charge is 2.12. The van der Waals surface area contributed by atoms with Crippen LogP contribution in [0.5, 0.6) is 5.19 Å². The summed E-state index contributed by atoms with van der Waals surface area (Å²) < 4.78 is 5.89. The average Bonchev–Trinajstić information content (AvgIpc) is 2.57. The van der Waals surface area contributed by atoms with Crippen molar-refractivity contribution < 1.29 is 9.53 Å². The normalized spacial score (nSPS) is 10.0. The van der Waals surface area contributed by atoms with Gasteiger partial charge in [0.25, 0.3) is 5.19 Å². The highest BCUT2D eigenvalue weighted by Crippen LogP contribution is 2.10. The van der Waals surface area contributed by atoms with Gasteiger partial charge >= 0.3 is 11.7 Å². The number of amides is 1. The third kappa shape index (κ3) is 3.21. The number of carbonyl (C=O) groups excluding carboxylic acids is 1. The fourth-order valence-corrected chi connectivity index (χ4v) is 1.60. The SMILES string of the molecule is CCOc1nc(=O)n(C(=O)NCCCl)s1. The number of aromatic nitrogens is 2. The van der Waals surface area contributed by atoms with Crippen molar-refractivity contribution in [3.63, 3.8) is 0 Å². The van der Waals surface area contributed by atoms with E-state index in [0.717, 1.165) is 15.5 Å². The van der Waals surface area contributed by atoms with Crippen LogP contribution in [0.25, 0.3) is 0 Å². The monoisotopic (exact) mass is 251 g/mol. The van der Waals surface area contributed by atoms with Crippen molar-refractivity contribution in [3.8, 4) is 5.19 Å². The molecule has 0 aromatic carbocycles. The van der Waals surface area contributed by atoms with Gasteiger partial charge in [-0.1, -0.05) is 0 Å². The van der Waals surface area contributed by atoms with Gasteiger partial charge in [0.2, 0.25) is 0 Å². The van der Waals surface area contributed by atoms with Crippen molar-refractivity contribution in [1.82, 2.24) is 14.3 Å². The molecule has 0 bridgehead atoms. The molecule has 0 spiro atoms. The van der Waals surface area contributed by atoms with Gasteiger partial charge in [0.05, 0.1) is 6.61 Å². The molecule has 1 N–H and O–H groups in total. The molecule has 15 heavy (non-hydrogen) atoms. The van der Waals surface area contributed by atoms with Gasteiger partial charge in [0.15, 0.2) is 0 Å². The first-order chi connectivity index (χ1) is 7.19. The highest BCUT2D eigenvalue weighted by atomic mass is 35.5. The van der Waals surface area contributed by atoms with E-state index >= 15 is 0 Å². The minimum atomic E-state index is -0.643. The van der Waals surface area contributed by atoms with E-state index in [9.17, 15) is 9.59 Å². The van der Waals surface area contributed by atoms with E-state index < -0.39 is 11.7 Å². The quantitative estimate of drug-likeness (QED) is 0.791. The van der Waals surface area contributed by atoms with Crippen molar-refractivity contribution in [3.05, 3.63) is 10.5 Å². The van der Waals surface area contributed by atoms with Crippen LogP contribution in [0.1, 0.15) is 6.92 Å². The van der Waals surface area contributed by atoms with Crippen LogP contribution in [0, 0.1) is 0 Å². The summed E-state index contributed by atoms with van der Waals surface area (Å²) in [6, 6.07) is -0.538. The third-order valence-electron chi connectivity index (χ3n) is 1.35. The lowest BCUT2D eigenvalue weighted by Crippen LogP contribution is -2.34. The van der Waals surface area contributed by atoms with Gasteiger partial charge in [-0.15, -0.1) is 16.6 Å². The summed E-state index contributed by atoms with van der Waals surface area (Å²) in [4.78, 5) is 26.1. The molecule has 1 amide bonds. The molecule has 1 aromatic rings. The summed E-state index contributed by atoms with van der Waals surface area (Å²) in [5.41, 5.74) is -0.643. The number of ether oxygens (including phenoxy) is 1. The van der Waals surface area contributed by atoms with Gasteiger partial charge in [-0.2, -0.15) is 3.96 Å². The van der Waals surface area contributed by atoms with Crippen molar-refractivity contribution >= 4 is 29.2 Å². The van der Waals surface area contributed by atoms with Gasteiger partial charge in [0.1, 0.15) is 0 Å². The number of alkyl halides is 1. The number of carbonyl (C=O) groups is 1. The first-order valence-electron chi connectivity index (χ1n) is 4.26. The number of nitrogens with zero attached hydrogens (tertiary/aromatic N) is 2. The minimum Gasteiger partial charge on any atom is -0.469 e. The first kappa shape index (κ1) is 12.0.